The first-order chi connectivity index (χ1) is 7.41. The largest absolute Gasteiger partial charge is 1.00 e. The molecule has 0 unspecified atom stereocenters. The van der Waals surface area contributed by atoms with E-state index in [-0.39, 0.29) is 24.0 Å². The number of halogens is 2. The zero-order chi connectivity index (χ0) is 12.3. The molecule has 1 rings (SSSR count). The van der Waals surface area contributed by atoms with Crippen molar-refractivity contribution in [3.05, 3.63) is 28.8 Å². The molecular formula is C12H18ClIN2S. The third kappa shape index (κ3) is 5.06. The molecule has 0 aliphatic carbocycles. The van der Waals surface area contributed by atoms with Crippen molar-refractivity contribution in [3.8, 4) is 0 Å². The number of nitrogens with zero attached hydrogens (tertiary/aromatic N) is 2. The Bertz CT molecular complexity index is 415. The highest BCUT2D eigenvalue weighted by molar-refractivity contribution is 8.13. The van der Waals surface area contributed by atoms with E-state index < -0.39 is 0 Å². The standard InChI is InChI=1S/C12H18ClN2S.HI/c1-9-6-7-10(8-11(9)13)16-12(14(2)3)15(4)5;/h6-8H,1-5H3;1H/q+1;/p-1. The molecule has 17 heavy (non-hydrogen) atoms. The Kier molecular flexibility index (Phi) is 7.51. The summed E-state index contributed by atoms with van der Waals surface area (Å²) in [5.41, 5.74) is 1.11. The third-order valence-corrected chi connectivity index (χ3v) is 3.93. The van der Waals surface area contributed by atoms with Crippen LogP contribution in [0.5, 0.6) is 0 Å². The highest BCUT2D eigenvalue weighted by atomic mass is 127. The predicted octanol–water partition coefficient (Wildman–Crippen LogP) is -0.0658. The van der Waals surface area contributed by atoms with E-state index in [1.807, 2.05) is 47.2 Å². The van der Waals surface area contributed by atoms with Gasteiger partial charge >= 0.3 is 5.17 Å². The lowest BCUT2D eigenvalue weighted by molar-refractivity contribution is -0.466. The van der Waals surface area contributed by atoms with Crippen molar-refractivity contribution in [1.29, 1.82) is 0 Å². The van der Waals surface area contributed by atoms with Gasteiger partial charge < -0.3 is 24.0 Å². The maximum Gasteiger partial charge on any atom is 0.312 e. The van der Waals surface area contributed by atoms with Gasteiger partial charge in [0.15, 0.2) is 0 Å². The van der Waals surface area contributed by atoms with Crippen molar-refractivity contribution in [3.63, 3.8) is 0 Å². The topological polar surface area (TPSA) is 6.25 Å². The van der Waals surface area contributed by atoms with Crippen LogP contribution in [-0.2, 0) is 0 Å². The summed E-state index contributed by atoms with van der Waals surface area (Å²) in [5, 5.41) is 2.00. The van der Waals surface area contributed by atoms with Crippen molar-refractivity contribution in [2.24, 2.45) is 0 Å². The molecule has 0 aromatic heterocycles. The van der Waals surface area contributed by atoms with Crippen LogP contribution in [0.15, 0.2) is 23.1 Å². The quantitative estimate of drug-likeness (QED) is 0.220. The predicted molar refractivity (Wildman–Crippen MR) is 72.8 cm³/mol. The summed E-state index contributed by atoms with van der Waals surface area (Å²) in [6.07, 6.45) is 0. The first-order valence-electron chi connectivity index (χ1n) is 5.07. The fraction of sp³-hybridized carbons (Fsp3) is 0.417. The van der Waals surface area contributed by atoms with E-state index in [4.69, 9.17) is 11.6 Å². The van der Waals surface area contributed by atoms with E-state index in [1.165, 1.54) is 5.17 Å². The van der Waals surface area contributed by atoms with Gasteiger partial charge in [-0.15, -0.1) is 0 Å². The van der Waals surface area contributed by atoms with Gasteiger partial charge in [-0.05, 0) is 36.4 Å². The van der Waals surface area contributed by atoms with Crippen molar-refractivity contribution in [1.82, 2.24) is 4.90 Å². The lowest BCUT2D eigenvalue weighted by Crippen LogP contribution is -3.00. The first kappa shape index (κ1) is 17.1. The molecule has 1 aromatic carbocycles. The SMILES string of the molecule is Cc1ccc(SC(N(C)C)=[N+](C)C)cc1Cl.[I-]. The summed E-state index contributed by atoms with van der Waals surface area (Å²) in [4.78, 5) is 3.26. The Labute approximate surface area is 130 Å². The van der Waals surface area contributed by atoms with Crippen LogP contribution in [-0.4, -0.2) is 42.8 Å². The molecule has 0 spiro atoms. The second-order valence-electron chi connectivity index (χ2n) is 4.08. The fourth-order valence-corrected chi connectivity index (χ4v) is 2.46. The summed E-state index contributed by atoms with van der Waals surface area (Å²) in [7, 11) is 8.16. The number of hydrogen-bond acceptors (Lipinski definition) is 1. The van der Waals surface area contributed by atoms with Crippen LogP contribution in [0.2, 0.25) is 5.02 Å². The van der Waals surface area contributed by atoms with Crippen molar-refractivity contribution < 1.29 is 28.6 Å². The monoisotopic (exact) mass is 384 g/mol. The molecule has 0 saturated carbocycles. The van der Waals surface area contributed by atoms with Crippen molar-refractivity contribution in [2.75, 3.05) is 28.2 Å². The molecule has 0 heterocycles. The van der Waals surface area contributed by atoms with Crippen LogP contribution < -0.4 is 24.0 Å². The van der Waals surface area contributed by atoms with Crippen LogP contribution >= 0.6 is 23.4 Å². The van der Waals surface area contributed by atoms with Gasteiger partial charge in [-0.2, -0.15) is 0 Å². The second-order valence-corrected chi connectivity index (χ2v) is 5.53. The normalized spacial score (nSPS) is 9.53. The molecule has 0 atom stereocenters. The molecule has 5 heteroatoms. The van der Waals surface area contributed by atoms with E-state index in [0.717, 1.165) is 15.5 Å². The maximum atomic E-state index is 6.11. The number of thioether (sulfide) groups is 1. The Hall–Kier alpha value is 0.0600. The fourth-order valence-electron chi connectivity index (χ4n) is 1.33. The van der Waals surface area contributed by atoms with Gasteiger partial charge in [0.2, 0.25) is 0 Å². The van der Waals surface area contributed by atoms with E-state index >= 15 is 0 Å². The maximum absolute atomic E-state index is 6.11. The summed E-state index contributed by atoms with van der Waals surface area (Å²) >= 11 is 7.82. The first-order valence-corrected chi connectivity index (χ1v) is 6.27. The minimum Gasteiger partial charge on any atom is -1.00 e. The number of amidine groups is 1. The van der Waals surface area contributed by atoms with E-state index in [0.29, 0.717) is 0 Å². The number of benzene rings is 1. The number of aryl methyl sites for hydroxylation is 1. The van der Waals surface area contributed by atoms with Crippen LogP contribution in [0.25, 0.3) is 0 Å². The van der Waals surface area contributed by atoms with Gasteiger partial charge in [0, 0.05) is 9.92 Å². The summed E-state index contributed by atoms with van der Waals surface area (Å²) < 4.78 is 2.10. The Morgan fingerprint density at radius 1 is 1.29 bits per heavy atom. The minimum atomic E-state index is 0. The van der Waals surface area contributed by atoms with Gasteiger partial charge in [-0.25, -0.2) is 0 Å². The molecule has 0 amide bonds. The van der Waals surface area contributed by atoms with E-state index in [9.17, 15) is 0 Å². The molecule has 1 aromatic rings. The molecule has 0 radical (unpaired) electrons. The van der Waals surface area contributed by atoms with Gasteiger partial charge in [0.1, 0.15) is 0 Å². The van der Waals surface area contributed by atoms with Gasteiger partial charge in [0.05, 0.1) is 28.2 Å². The molecule has 0 fully saturated rings. The zero-order valence-electron chi connectivity index (χ0n) is 10.8. The molecule has 2 nitrogen and oxygen atoms in total. The molecule has 0 aliphatic heterocycles. The highest BCUT2D eigenvalue weighted by Crippen LogP contribution is 2.25. The summed E-state index contributed by atoms with van der Waals surface area (Å²) in [5.74, 6) is 0. The summed E-state index contributed by atoms with van der Waals surface area (Å²) in [6.45, 7) is 2.01. The third-order valence-electron chi connectivity index (χ3n) is 2.12. The second kappa shape index (κ2) is 7.48. The number of hydrogen-bond donors (Lipinski definition) is 0. The van der Waals surface area contributed by atoms with Gasteiger partial charge in [-0.3, -0.25) is 9.48 Å². The van der Waals surface area contributed by atoms with Crippen LogP contribution in [0.4, 0.5) is 0 Å². The van der Waals surface area contributed by atoms with Gasteiger partial charge in [-0.1, -0.05) is 17.7 Å². The van der Waals surface area contributed by atoms with Crippen LogP contribution in [0.1, 0.15) is 5.56 Å². The Morgan fingerprint density at radius 3 is 2.29 bits per heavy atom. The molecular weight excluding hydrogens is 367 g/mol. The lowest BCUT2D eigenvalue weighted by Gasteiger charge is -2.10. The van der Waals surface area contributed by atoms with Crippen molar-refractivity contribution >= 4 is 28.5 Å². The lowest BCUT2D eigenvalue weighted by atomic mass is 10.2. The highest BCUT2D eigenvalue weighted by Gasteiger charge is 2.14. The molecule has 0 aliphatic rings. The molecule has 0 bridgehead atoms. The smallest absolute Gasteiger partial charge is 0.312 e. The van der Waals surface area contributed by atoms with Gasteiger partial charge in [0.25, 0.3) is 0 Å². The molecule has 0 N–H and O–H groups in total. The Balaban J connectivity index is 0.00000256. The molecule has 96 valence electrons. The van der Waals surface area contributed by atoms with Crippen LogP contribution in [0, 0.1) is 6.92 Å². The van der Waals surface area contributed by atoms with Crippen molar-refractivity contribution in [2.45, 2.75) is 11.8 Å². The average Bonchev–Trinajstić information content (AvgIpc) is 2.18. The Morgan fingerprint density at radius 2 is 1.88 bits per heavy atom. The average molecular weight is 385 g/mol. The van der Waals surface area contributed by atoms with E-state index in [1.54, 1.807) is 11.8 Å². The minimum absolute atomic E-state index is 0. The van der Waals surface area contributed by atoms with E-state index in [2.05, 4.69) is 15.5 Å². The molecule has 0 saturated heterocycles. The number of rotatable bonds is 1. The van der Waals surface area contributed by atoms with Crippen LogP contribution in [0.3, 0.4) is 0 Å². The summed E-state index contributed by atoms with van der Waals surface area (Å²) in [6, 6.07) is 6.15. The zero-order valence-corrected chi connectivity index (χ0v) is 14.5.